The van der Waals surface area contributed by atoms with E-state index in [-0.39, 0.29) is 16.7 Å². The SMILES string of the molecule is CCCCCNC(=O)C[C@H](C)CC1=NS(=O)(=O)c2ccccc2N1. The predicted molar refractivity (Wildman–Crippen MR) is 95.6 cm³/mol. The molecule has 0 saturated heterocycles. The van der Waals surface area contributed by atoms with Crippen molar-refractivity contribution in [2.75, 3.05) is 11.9 Å². The minimum atomic E-state index is -3.66. The Labute approximate surface area is 143 Å². The lowest BCUT2D eigenvalue weighted by atomic mass is 10.0. The Morgan fingerprint density at radius 1 is 1.29 bits per heavy atom. The molecule has 2 rings (SSSR count). The first kappa shape index (κ1) is 18.4. The minimum Gasteiger partial charge on any atom is -0.356 e. The van der Waals surface area contributed by atoms with E-state index in [0.717, 1.165) is 19.3 Å². The maximum absolute atomic E-state index is 12.2. The number of amidine groups is 1. The van der Waals surface area contributed by atoms with E-state index in [2.05, 4.69) is 22.0 Å². The van der Waals surface area contributed by atoms with E-state index in [1.54, 1.807) is 18.2 Å². The zero-order valence-corrected chi connectivity index (χ0v) is 15.0. The summed E-state index contributed by atoms with van der Waals surface area (Å²) < 4.78 is 28.2. The third-order valence-corrected chi connectivity index (χ3v) is 5.23. The molecular weight excluding hydrogens is 326 g/mol. The van der Waals surface area contributed by atoms with Gasteiger partial charge in [0.25, 0.3) is 10.0 Å². The first-order chi connectivity index (χ1) is 11.4. The van der Waals surface area contributed by atoms with E-state index < -0.39 is 10.0 Å². The molecule has 132 valence electrons. The highest BCUT2D eigenvalue weighted by Gasteiger charge is 2.25. The largest absolute Gasteiger partial charge is 0.356 e. The summed E-state index contributed by atoms with van der Waals surface area (Å²) in [6, 6.07) is 6.69. The molecule has 0 fully saturated rings. The number of nitrogens with one attached hydrogen (secondary N) is 2. The van der Waals surface area contributed by atoms with Crippen molar-refractivity contribution in [3.05, 3.63) is 24.3 Å². The summed E-state index contributed by atoms with van der Waals surface area (Å²) in [5.41, 5.74) is 0.540. The van der Waals surface area contributed by atoms with E-state index in [9.17, 15) is 13.2 Å². The standard InChI is InChI=1S/C17H25N3O3S/c1-3-4-7-10-18-17(21)12-13(2)11-16-19-14-8-5-6-9-15(14)24(22,23)20-16/h5-6,8-9,13H,3-4,7,10-12H2,1-2H3,(H,18,21)(H,19,20)/t13-/m1/s1. The summed E-state index contributed by atoms with van der Waals surface area (Å²) in [7, 11) is -3.66. The second kappa shape index (κ2) is 8.28. The van der Waals surface area contributed by atoms with Crippen LogP contribution in [-0.4, -0.2) is 26.7 Å². The number of para-hydroxylation sites is 1. The predicted octanol–water partition coefficient (Wildman–Crippen LogP) is 2.92. The van der Waals surface area contributed by atoms with Crippen LogP contribution >= 0.6 is 0 Å². The van der Waals surface area contributed by atoms with Crippen LogP contribution in [0.15, 0.2) is 33.6 Å². The van der Waals surface area contributed by atoms with Crippen molar-refractivity contribution in [2.24, 2.45) is 10.3 Å². The molecule has 0 radical (unpaired) electrons. The van der Waals surface area contributed by atoms with Crippen LogP contribution in [0.5, 0.6) is 0 Å². The fourth-order valence-electron chi connectivity index (χ4n) is 2.65. The van der Waals surface area contributed by atoms with Gasteiger partial charge in [0.05, 0.1) is 5.69 Å². The molecule has 1 atom stereocenters. The lowest BCUT2D eigenvalue weighted by Gasteiger charge is -2.20. The van der Waals surface area contributed by atoms with Crippen molar-refractivity contribution in [1.29, 1.82) is 0 Å². The number of carbonyl (C=O) groups excluding carboxylic acids is 1. The first-order valence-corrected chi connectivity index (χ1v) is 9.83. The van der Waals surface area contributed by atoms with E-state index >= 15 is 0 Å². The van der Waals surface area contributed by atoms with Crippen LogP contribution < -0.4 is 10.6 Å². The average molecular weight is 351 g/mol. The van der Waals surface area contributed by atoms with E-state index in [0.29, 0.717) is 30.9 Å². The second-order valence-electron chi connectivity index (χ2n) is 6.20. The van der Waals surface area contributed by atoms with Crippen molar-refractivity contribution in [1.82, 2.24) is 5.32 Å². The average Bonchev–Trinajstić information content (AvgIpc) is 2.51. The number of fused-ring (bicyclic) bond motifs is 1. The number of carbonyl (C=O) groups is 1. The molecule has 1 aromatic carbocycles. The Morgan fingerprint density at radius 2 is 2.04 bits per heavy atom. The zero-order chi connectivity index (χ0) is 17.6. The summed E-state index contributed by atoms with van der Waals surface area (Å²) in [5.74, 6) is 0.390. The molecule has 7 heteroatoms. The van der Waals surface area contributed by atoms with Crippen molar-refractivity contribution >= 4 is 27.5 Å². The number of benzene rings is 1. The Bertz CT molecular complexity index is 714. The van der Waals surface area contributed by atoms with Crippen LogP contribution in [-0.2, 0) is 14.8 Å². The van der Waals surface area contributed by atoms with Gasteiger partial charge in [-0.25, -0.2) is 0 Å². The number of amides is 1. The van der Waals surface area contributed by atoms with E-state index in [1.807, 2.05) is 6.92 Å². The molecule has 0 bridgehead atoms. The van der Waals surface area contributed by atoms with Crippen molar-refractivity contribution in [2.45, 2.75) is 50.8 Å². The number of unbranched alkanes of at least 4 members (excludes halogenated alkanes) is 2. The van der Waals surface area contributed by atoms with Gasteiger partial charge >= 0.3 is 0 Å². The highest BCUT2D eigenvalue weighted by molar-refractivity contribution is 7.90. The molecule has 24 heavy (non-hydrogen) atoms. The fraction of sp³-hybridized carbons (Fsp3) is 0.529. The third-order valence-electron chi connectivity index (χ3n) is 3.85. The Kier molecular flexibility index (Phi) is 6.36. The van der Waals surface area contributed by atoms with Crippen molar-refractivity contribution in [3.63, 3.8) is 0 Å². The van der Waals surface area contributed by atoms with E-state index in [1.165, 1.54) is 6.07 Å². The van der Waals surface area contributed by atoms with Gasteiger partial charge in [0.1, 0.15) is 10.7 Å². The minimum absolute atomic E-state index is 0.00160. The summed E-state index contributed by atoms with van der Waals surface area (Å²) in [6.45, 7) is 4.73. The quantitative estimate of drug-likeness (QED) is 0.705. The van der Waals surface area contributed by atoms with Crippen LogP contribution in [0.3, 0.4) is 0 Å². The zero-order valence-electron chi connectivity index (χ0n) is 14.2. The molecule has 0 unspecified atom stereocenters. The molecule has 0 saturated carbocycles. The fourth-order valence-corrected chi connectivity index (χ4v) is 3.81. The first-order valence-electron chi connectivity index (χ1n) is 8.39. The molecule has 2 N–H and O–H groups in total. The number of sulfonamides is 1. The van der Waals surface area contributed by atoms with Crippen LogP contribution in [0.1, 0.15) is 46.0 Å². The van der Waals surface area contributed by atoms with Gasteiger partial charge in [0.2, 0.25) is 5.91 Å². The lowest BCUT2D eigenvalue weighted by Crippen LogP contribution is -2.28. The molecule has 0 spiro atoms. The van der Waals surface area contributed by atoms with Gasteiger partial charge in [-0.2, -0.15) is 8.42 Å². The number of rotatable bonds is 8. The molecular formula is C17H25N3O3S. The van der Waals surface area contributed by atoms with Crippen LogP contribution in [0.4, 0.5) is 5.69 Å². The lowest BCUT2D eigenvalue weighted by molar-refractivity contribution is -0.121. The monoisotopic (exact) mass is 351 g/mol. The highest BCUT2D eigenvalue weighted by atomic mass is 32.2. The summed E-state index contributed by atoms with van der Waals surface area (Å²) >= 11 is 0. The molecule has 1 aromatic rings. The Morgan fingerprint density at radius 3 is 2.79 bits per heavy atom. The maximum atomic E-state index is 12.2. The Balaban J connectivity index is 1.90. The van der Waals surface area contributed by atoms with Crippen LogP contribution in [0, 0.1) is 5.92 Å². The van der Waals surface area contributed by atoms with Crippen molar-refractivity contribution < 1.29 is 13.2 Å². The van der Waals surface area contributed by atoms with Gasteiger partial charge in [-0.1, -0.05) is 38.8 Å². The molecule has 0 aromatic heterocycles. The molecule has 6 nitrogen and oxygen atoms in total. The third kappa shape index (κ3) is 5.06. The van der Waals surface area contributed by atoms with Crippen molar-refractivity contribution in [3.8, 4) is 0 Å². The highest BCUT2D eigenvalue weighted by Crippen LogP contribution is 2.28. The van der Waals surface area contributed by atoms with Gasteiger partial charge in [0, 0.05) is 19.4 Å². The number of nitrogens with zero attached hydrogens (tertiary/aromatic N) is 1. The summed E-state index contributed by atoms with van der Waals surface area (Å²) in [4.78, 5) is 12.1. The van der Waals surface area contributed by atoms with Crippen LogP contribution in [0.25, 0.3) is 0 Å². The number of anilines is 1. The number of hydrogen-bond donors (Lipinski definition) is 2. The normalized spacial score (nSPS) is 16.5. The van der Waals surface area contributed by atoms with Gasteiger partial charge < -0.3 is 10.6 Å². The van der Waals surface area contributed by atoms with Gasteiger partial charge in [-0.15, -0.1) is 4.40 Å². The molecule has 0 aliphatic carbocycles. The summed E-state index contributed by atoms with van der Waals surface area (Å²) in [5, 5.41) is 5.96. The number of hydrogen-bond acceptors (Lipinski definition) is 4. The molecule has 1 heterocycles. The molecule has 1 aliphatic rings. The molecule has 1 aliphatic heterocycles. The Hall–Kier alpha value is -1.89. The maximum Gasteiger partial charge on any atom is 0.286 e. The summed E-state index contributed by atoms with van der Waals surface area (Å²) in [6.07, 6.45) is 3.98. The molecule has 1 amide bonds. The van der Waals surface area contributed by atoms with Gasteiger partial charge in [-0.3, -0.25) is 4.79 Å². The van der Waals surface area contributed by atoms with Gasteiger partial charge in [-0.05, 0) is 24.5 Å². The van der Waals surface area contributed by atoms with E-state index in [4.69, 9.17) is 0 Å². The van der Waals surface area contributed by atoms with Gasteiger partial charge in [0.15, 0.2) is 0 Å². The second-order valence-corrected chi connectivity index (χ2v) is 7.78. The topological polar surface area (TPSA) is 87.6 Å². The smallest absolute Gasteiger partial charge is 0.286 e. The van der Waals surface area contributed by atoms with Crippen LogP contribution in [0.2, 0.25) is 0 Å².